The molecule has 0 spiro atoms. The predicted molar refractivity (Wildman–Crippen MR) is 80.7 cm³/mol. The van der Waals surface area contributed by atoms with Crippen LogP contribution < -0.4 is 5.32 Å². The maximum Gasteiger partial charge on any atom is 0.336 e. The monoisotopic (exact) mass is 292 g/mol. The Kier molecular flexibility index (Phi) is 4.68. The number of pyridine rings is 1. The summed E-state index contributed by atoms with van der Waals surface area (Å²) < 4.78 is 11.0. The summed E-state index contributed by atoms with van der Waals surface area (Å²) in [6, 6.07) is 8.68. The zero-order chi connectivity index (χ0) is 14.5. The molecular weight excluding hydrogens is 276 g/mol. The highest BCUT2D eigenvalue weighted by Gasteiger charge is 2.11. The molecule has 0 aliphatic carbocycles. The van der Waals surface area contributed by atoms with E-state index in [0.29, 0.717) is 29.0 Å². The van der Waals surface area contributed by atoms with Crippen LogP contribution in [0.15, 0.2) is 30.3 Å². The number of carboxylic acids is 1. The average molecular weight is 292 g/mol. The lowest BCUT2D eigenvalue weighted by Crippen LogP contribution is -2.09. The Hall–Kier alpha value is -1.95. The van der Waals surface area contributed by atoms with Gasteiger partial charge in [0.25, 0.3) is 0 Å². The van der Waals surface area contributed by atoms with Gasteiger partial charge in [0, 0.05) is 34.7 Å². The number of fused-ring (bicyclic) bond motifs is 1. The van der Waals surface area contributed by atoms with E-state index in [1.165, 1.54) is 6.07 Å². The normalized spacial score (nSPS) is 12.2. The van der Waals surface area contributed by atoms with Crippen molar-refractivity contribution < 1.29 is 14.1 Å². The Bertz CT molecular complexity index is 658. The lowest BCUT2D eigenvalue weighted by atomic mass is 10.1. The van der Waals surface area contributed by atoms with Crippen molar-refractivity contribution in [3.05, 3.63) is 35.9 Å². The molecule has 0 fully saturated rings. The number of benzene rings is 1. The van der Waals surface area contributed by atoms with Gasteiger partial charge in [0.15, 0.2) is 0 Å². The number of hydrogen-bond acceptors (Lipinski definition) is 4. The maximum atomic E-state index is 11.3. The number of hydrogen-bond donors (Lipinski definition) is 2. The molecule has 6 heteroatoms. The van der Waals surface area contributed by atoms with Gasteiger partial charge < -0.3 is 10.4 Å². The summed E-state index contributed by atoms with van der Waals surface area (Å²) in [6.45, 7) is 0.615. The van der Waals surface area contributed by atoms with Gasteiger partial charge in [-0.2, -0.15) is 0 Å². The number of carboxylic acid groups (broad SMARTS) is 1. The molecule has 1 aromatic carbocycles. The van der Waals surface area contributed by atoms with Crippen LogP contribution in [0.1, 0.15) is 16.8 Å². The first-order valence-electron chi connectivity index (χ1n) is 6.25. The average Bonchev–Trinajstić information content (AvgIpc) is 2.42. The fraction of sp³-hybridized carbons (Fsp3) is 0.286. The molecule has 0 amide bonds. The van der Waals surface area contributed by atoms with E-state index in [-0.39, 0.29) is 5.56 Å². The van der Waals surface area contributed by atoms with E-state index >= 15 is 0 Å². The van der Waals surface area contributed by atoms with Crippen molar-refractivity contribution in [2.24, 2.45) is 0 Å². The van der Waals surface area contributed by atoms with E-state index in [1.54, 1.807) is 24.5 Å². The number of para-hydroxylation sites is 1. The summed E-state index contributed by atoms with van der Waals surface area (Å²) in [6.07, 6.45) is 2.41. The first kappa shape index (κ1) is 14.5. The van der Waals surface area contributed by atoms with Crippen molar-refractivity contribution in [1.29, 1.82) is 0 Å². The third kappa shape index (κ3) is 3.54. The Morgan fingerprint density at radius 3 is 2.85 bits per heavy atom. The molecule has 0 saturated carbocycles. The van der Waals surface area contributed by atoms with Crippen molar-refractivity contribution in [2.75, 3.05) is 23.9 Å². The first-order chi connectivity index (χ1) is 9.58. The summed E-state index contributed by atoms with van der Waals surface area (Å²) in [4.78, 5) is 15.7. The zero-order valence-corrected chi connectivity index (χ0v) is 11.9. The van der Waals surface area contributed by atoms with E-state index in [0.717, 1.165) is 6.42 Å². The van der Waals surface area contributed by atoms with Gasteiger partial charge in [-0.05, 0) is 18.6 Å². The first-order valence-corrected chi connectivity index (χ1v) is 7.97. The van der Waals surface area contributed by atoms with Gasteiger partial charge in [-0.3, -0.25) is 4.21 Å². The molecule has 2 rings (SSSR count). The number of nitrogens with zero attached hydrogens (tertiary/aromatic N) is 1. The second-order valence-corrected chi connectivity index (χ2v) is 5.99. The molecule has 106 valence electrons. The molecule has 1 atom stereocenters. The van der Waals surface area contributed by atoms with Crippen molar-refractivity contribution in [1.82, 2.24) is 4.98 Å². The van der Waals surface area contributed by atoms with Crippen LogP contribution in [-0.2, 0) is 10.8 Å². The van der Waals surface area contributed by atoms with E-state index in [4.69, 9.17) is 0 Å². The molecule has 2 N–H and O–H groups in total. The van der Waals surface area contributed by atoms with Crippen LogP contribution in [0.4, 0.5) is 5.82 Å². The van der Waals surface area contributed by atoms with Gasteiger partial charge in [-0.25, -0.2) is 9.78 Å². The van der Waals surface area contributed by atoms with E-state index in [1.807, 2.05) is 6.07 Å². The largest absolute Gasteiger partial charge is 0.478 e. The Morgan fingerprint density at radius 1 is 1.40 bits per heavy atom. The molecule has 1 heterocycles. The minimum atomic E-state index is -0.971. The van der Waals surface area contributed by atoms with Crippen LogP contribution in [0.5, 0.6) is 0 Å². The van der Waals surface area contributed by atoms with Gasteiger partial charge >= 0.3 is 5.97 Å². The lowest BCUT2D eigenvalue weighted by Gasteiger charge is -2.08. The molecule has 0 saturated heterocycles. The van der Waals surface area contributed by atoms with Gasteiger partial charge in [0.1, 0.15) is 5.82 Å². The van der Waals surface area contributed by atoms with Gasteiger partial charge in [-0.1, -0.05) is 18.2 Å². The molecule has 5 nitrogen and oxygen atoms in total. The number of nitrogens with one attached hydrogen (secondary N) is 1. The molecule has 0 bridgehead atoms. The maximum absolute atomic E-state index is 11.3. The van der Waals surface area contributed by atoms with Crippen molar-refractivity contribution in [3.8, 4) is 0 Å². The smallest absolute Gasteiger partial charge is 0.336 e. The van der Waals surface area contributed by atoms with Crippen molar-refractivity contribution in [2.45, 2.75) is 6.42 Å². The number of aromatic carboxylic acids is 1. The highest BCUT2D eigenvalue weighted by molar-refractivity contribution is 7.84. The highest BCUT2D eigenvalue weighted by atomic mass is 32.2. The SMILES string of the molecule is CS(=O)CCCNc1cc(C(=O)O)c2ccccc2n1. The van der Waals surface area contributed by atoms with E-state index in [2.05, 4.69) is 10.3 Å². The molecule has 20 heavy (non-hydrogen) atoms. The van der Waals surface area contributed by atoms with Crippen LogP contribution in [0.25, 0.3) is 10.9 Å². The second kappa shape index (κ2) is 6.47. The van der Waals surface area contributed by atoms with Crippen LogP contribution in [0.2, 0.25) is 0 Å². The van der Waals surface area contributed by atoms with E-state index in [9.17, 15) is 14.1 Å². The Labute approximate surface area is 119 Å². The van der Waals surface area contributed by atoms with Gasteiger partial charge in [0.2, 0.25) is 0 Å². The zero-order valence-electron chi connectivity index (χ0n) is 11.1. The summed E-state index contributed by atoms with van der Waals surface area (Å²) in [7, 11) is -0.812. The van der Waals surface area contributed by atoms with Crippen LogP contribution in [-0.4, -0.2) is 38.8 Å². The molecule has 1 unspecified atom stereocenters. The fourth-order valence-corrected chi connectivity index (χ4v) is 2.49. The molecule has 1 aromatic heterocycles. The second-order valence-electron chi connectivity index (χ2n) is 4.44. The minimum Gasteiger partial charge on any atom is -0.478 e. The summed E-state index contributed by atoms with van der Waals surface area (Å²) in [5.74, 6) is 0.177. The summed E-state index contributed by atoms with van der Waals surface area (Å²) in [5.41, 5.74) is 0.881. The number of anilines is 1. The standard InChI is InChI=1S/C14H16N2O3S/c1-20(19)8-4-7-15-13-9-11(14(17)18)10-5-2-3-6-12(10)16-13/h2-3,5-6,9H,4,7-8H2,1H3,(H,15,16)(H,17,18). The molecule has 2 aromatic rings. The minimum absolute atomic E-state index is 0.233. The Balaban J connectivity index is 2.22. The van der Waals surface area contributed by atoms with Gasteiger partial charge in [-0.15, -0.1) is 0 Å². The Morgan fingerprint density at radius 2 is 2.15 bits per heavy atom. The highest BCUT2D eigenvalue weighted by Crippen LogP contribution is 2.20. The predicted octanol–water partition coefficient (Wildman–Crippen LogP) is 2.11. The van der Waals surface area contributed by atoms with E-state index < -0.39 is 16.8 Å². The number of aromatic nitrogens is 1. The van der Waals surface area contributed by atoms with Crippen molar-refractivity contribution in [3.63, 3.8) is 0 Å². The van der Waals surface area contributed by atoms with Gasteiger partial charge in [0.05, 0.1) is 11.1 Å². The number of carbonyl (C=O) groups is 1. The molecule has 0 radical (unpaired) electrons. The van der Waals surface area contributed by atoms with Crippen LogP contribution in [0.3, 0.4) is 0 Å². The summed E-state index contributed by atoms with van der Waals surface area (Å²) >= 11 is 0. The molecule has 0 aliphatic heterocycles. The third-order valence-corrected chi connectivity index (χ3v) is 3.72. The van der Waals surface area contributed by atoms with Crippen LogP contribution >= 0.6 is 0 Å². The topological polar surface area (TPSA) is 79.3 Å². The lowest BCUT2D eigenvalue weighted by molar-refractivity contribution is 0.0699. The number of rotatable bonds is 6. The van der Waals surface area contributed by atoms with Crippen LogP contribution in [0, 0.1) is 0 Å². The summed E-state index contributed by atoms with van der Waals surface area (Å²) in [5, 5.41) is 13.0. The fourth-order valence-electron chi connectivity index (χ4n) is 1.93. The molecule has 0 aliphatic rings. The van der Waals surface area contributed by atoms with Crippen molar-refractivity contribution >= 4 is 33.5 Å². The quantitative estimate of drug-likeness (QED) is 0.797. The third-order valence-electron chi connectivity index (χ3n) is 2.86. The molecular formula is C14H16N2O3S.